The van der Waals surface area contributed by atoms with Crippen LogP contribution in [0.4, 0.5) is 0 Å². The number of aliphatic carboxylic acids is 1. The van der Waals surface area contributed by atoms with E-state index in [1.807, 2.05) is 0 Å². The minimum absolute atomic E-state index is 0.165. The fraction of sp³-hybridized carbons (Fsp3) is 0.917. The molecule has 0 amide bonds. The van der Waals surface area contributed by atoms with Gasteiger partial charge in [-0.25, -0.2) is 0 Å². The molecule has 4 heteroatoms. The van der Waals surface area contributed by atoms with Gasteiger partial charge in [-0.1, -0.05) is 0 Å². The van der Waals surface area contributed by atoms with Gasteiger partial charge in [-0.15, -0.1) is 0 Å². The fourth-order valence-corrected chi connectivity index (χ4v) is 2.20. The standard InChI is InChI=1S/C12H24N2O2/c1-9-7-14(12(2,3)4)8-10(13-9)5-6-11(15)16/h9-10,13H,5-8H2,1-4H3,(H,15,16). The average molecular weight is 228 g/mol. The third-order valence-corrected chi connectivity index (χ3v) is 3.11. The molecule has 0 aromatic carbocycles. The first kappa shape index (κ1) is 13.5. The van der Waals surface area contributed by atoms with Crippen LogP contribution >= 0.6 is 0 Å². The molecule has 1 aliphatic heterocycles. The molecule has 94 valence electrons. The maximum absolute atomic E-state index is 10.6. The predicted molar refractivity (Wildman–Crippen MR) is 64.6 cm³/mol. The summed E-state index contributed by atoms with van der Waals surface area (Å²) in [5.74, 6) is -0.706. The van der Waals surface area contributed by atoms with Gasteiger partial charge in [-0.3, -0.25) is 9.69 Å². The molecule has 0 aromatic rings. The summed E-state index contributed by atoms with van der Waals surface area (Å²) < 4.78 is 0. The summed E-state index contributed by atoms with van der Waals surface area (Å²) >= 11 is 0. The number of nitrogens with zero attached hydrogens (tertiary/aromatic N) is 1. The van der Waals surface area contributed by atoms with Crippen molar-refractivity contribution in [2.75, 3.05) is 13.1 Å². The third-order valence-electron chi connectivity index (χ3n) is 3.11. The Kier molecular flexibility index (Phi) is 4.33. The SMILES string of the molecule is CC1CN(C(C)(C)C)CC(CCC(=O)O)N1. The Morgan fingerprint density at radius 2 is 2.06 bits per heavy atom. The molecule has 1 rings (SSSR count). The average Bonchev–Trinajstić information content (AvgIpc) is 2.12. The number of hydrogen-bond donors (Lipinski definition) is 2. The van der Waals surface area contributed by atoms with Crippen molar-refractivity contribution in [3.8, 4) is 0 Å². The van der Waals surface area contributed by atoms with E-state index >= 15 is 0 Å². The molecule has 0 aliphatic carbocycles. The molecule has 4 nitrogen and oxygen atoms in total. The van der Waals surface area contributed by atoms with E-state index in [4.69, 9.17) is 5.11 Å². The third kappa shape index (κ3) is 4.10. The lowest BCUT2D eigenvalue weighted by atomic mass is 9.98. The van der Waals surface area contributed by atoms with Gasteiger partial charge in [0.05, 0.1) is 0 Å². The van der Waals surface area contributed by atoms with Crippen molar-refractivity contribution >= 4 is 5.97 Å². The van der Waals surface area contributed by atoms with Gasteiger partial charge >= 0.3 is 5.97 Å². The van der Waals surface area contributed by atoms with E-state index < -0.39 is 5.97 Å². The number of carbonyl (C=O) groups is 1. The molecule has 0 saturated carbocycles. The normalized spacial score (nSPS) is 28.0. The van der Waals surface area contributed by atoms with E-state index in [0.717, 1.165) is 13.1 Å². The fourth-order valence-electron chi connectivity index (χ4n) is 2.20. The number of hydrogen-bond acceptors (Lipinski definition) is 3. The molecular weight excluding hydrogens is 204 g/mol. The smallest absolute Gasteiger partial charge is 0.303 e. The second-order valence-corrected chi connectivity index (χ2v) is 5.77. The van der Waals surface area contributed by atoms with Gasteiger partial charge in [-0.05, 0) is 34.1 Å². The van der Waals surface area contributed by atoms with Crippen molar-refractivity contribution in [2.24, 2.45) is 0 Å². The quantitative estimate of drug-likeness (QED) is 0.765. The summed E-state index contributed by atoms with van der Waals surface area (Å²) in [4.78, 5) is 13.0. The molecule has 1 aliphatic rings. The number of rotatable bonds is 3. The van der Waals surface area contributed by atoms with Crippen LogP contribution in [0.25, 0.3) is 0 Å². The highest BCUT2D eigenvalue weighted by molar-refractivity contribution is 5.66. The van der Waals surface area contributed by atoms with Crippen LogP contribution in [0.2, 0.25) is 0 Å². The van der Waals surface area contributed by atoms with Crippen molar-refractivity contribution < 1.29 is 9.90 Å². The molecule has 2 atom stereocenters. The summed E-state index contributed by atoms with van der Waals surface area (Å²) in [5.41, 5.74) is 0.165. The maximum atomic E-state index is 10.6. The molecule has 2 unspecified atom stereocenters. The number of piperazine rings is 1. The van der Waals surface area contributed by atoms with Gasteiger partial charge in [0.25, 0.3) is 0 Å². The number of carboxylic acid groups (broad SMARTS) is 1. The Morgan fingerprint density at radius 3 is 2.56 bits per heavy atom. The highest BCUT2D eigenvalue weighted by Gasteiger charge is 2.30. The Bertz CT molecular complexity index is 248. The van der Waals surface area contributed by atoms with Crippen LogP contribution in [0.15, 0.2) is 0 Å². The van der Waals surface area contributed by atoms with E-state index in [9.17, 15) is 4.79 Å². The first-order chi connectivity index (χ1) is 7.29. The zero-order valence-electron chi connectivity index (χ0n) is 10.8. The van der Waals surface area contributed by atoms with Crippen LogP contribution in [0.3, 0.4) is 0 Å². The van der Waals surface area contributed by atoms with Crippen LogP contribution in [-0.2, 0) is 4.79 Å². The van der Waals surface area contributed by atoms with Crippen molar-refractivity contribution in [3.63, 3.8) is 0 Å². The lowest BCUT2D eigenvalue weighted by Gasteiger charge is -2.44. The van der Waals surface area contributed by atoms with E-state index in [1.165, 1.54) is 0 Å². The summed E-state index contributed by atoms with van der Waals surface area (Å²) in [6.45, 7) is 10.8. The first-order valence-electron chi connectivity index (χ1n) is 6.02. The van der Waals surface area contributed by atoms with E-state index in [-0.39, 0.29) is 12.0 Å². The van der Waals surface area contributed by atoms with Gasteiger partial charge in [-0.2, -0.15) is 0 Å². The lowest BCUT2D eigenvalue weighted by Crippen LogP contribution is -2.60. The minimum atomic E-state index is -0.706. The summed E-state index contributed by atoms with van der Waals surface area (Å²) in [6, 6.07) is 0.742. The van der Waals surface area contributed by atoms with Crippen LogP contribution in [0, 0.1) is 0 Å². The van der Waals surface area contributed by atoms with Gasteiger partial charge < -0.3 is 10.4 Å². The van der Waals surface area contributed by atoms with Gasteiger partial charge in [0, 0.05) is 37.1 Å². The van der Waals surface area contributed by atoms with Gasteiger partial charge in [0.2, 0.25) is 0 Å². The summed E-state index contributed by atoms with van der Waals surface area (Å²) in [7, 11) is 0. The zero-order chi connectivity index (χ0) is 12.3. The van der Waals surface area contributed by atoms with Crippen LogP contribution in [0.5, 0.6) is 0 Å². The van der Waals surface area contributed by atoms with E-state index in [1.54, 1.807) is 0 Å². The number of carboxylic acids is 1. The second kappa shape index (κ2) is 5.15. The van der Waals surface area contributed by atoms with Gasteiger partial charge in [0.1, 0.15) is 0 Å². The molecule has 16 heavy (non-hydrogen) atoms. The Morgan fingerprint density at radius 1 is 1.44 bits per heavy atom. The van der Waals surface area contributed by atoms with E-state index in [2.05, 4.69) is 37.9 Å². The van der Waals surface area contributed by atoms with Crippen molar-refractivity contribution in [1.29, 1.82) is 0 Å². The Labute approximate surface area is 98.0 Å². The number of nitrogens with one attached hydrogen (secondary N) is 1. The van der Waals surface area contributed by atoms with Crippen LogP contribution < -0.4 is 5.32 Å². The maximum Gasteiger partial charge on any atom is 0.303 e. The molecule has 0 spiro atoms. The summed E-state index contributed by atoms with van der Waals surface area (Å²) in [5, 5.41) is 12.2. The molecule has 0 aromatic heterocycles. The largest absolute Gasteiger partial charge is 0.481 e. The topological polar surface area (TPSA) is 52.6 Å². The van der Waals surface area contributed by atoms with Crippen LogP contribution in [-0.4, -0.2) is 46.7 Å². The monoisotopic (exact) mass is 228 g/mol. The molecule has 1 saturated heterocycles. The first-order valence-corrected chi connectivity index (χ1v) is 6.02. The molecular formula is C12H24N2O2. The molecule has 2 N–H and O–H groups in total. The highest BCUT2D eigenvalue weighted by Crippen LogP contribution is 2.19. The molecule has 0 bridgehead atoms. The minimum Gasteiger partial charge on any atom is -0.481 e. The Balaban J connectivity index is 2.51. The molecule has 0 radical (unpaired) electrons. The van der Waals surface area contributed by atoms with Crippen molar-refractivity contribution in [2.45, 2.75) is 58.2 Å². The van der Waals surface area contributed by atoms with Crippen molar-refractivity contribution in [1.82, 2.24) is 10.2 Å². The summed E-state index contributed by atoms with van der Waals surface area (Å²) in [6.07, 6.45) is 0.967. The van der Waals surface area contributed by atoms with Gasteiger partial charge in [0.15, 0.2) is 0 Å². The Hall–Kier alpha value is -0.610. The van der Waals surface area contributed by atoms with Crippen LogP contribution in [0.1, 0.15) is 40.5 Å². The van der Waals surface area contributed by atoms with E-state index in [0.29, 0.717) is 18.5 Å². The van der Waals surface area contributed by atoms with Crippen molar-refractivity contribution in [3.05, 3.63) is 0 Å². The zero-order valence-corrected chi connectivity index (χ0v) is 10.8. The second-order valence-electron chi connectivity index (χ2n) is 5.77. The highest BCUT2D eigenvalue weighted by atomic mass is 16.4. The predicted octanol–water partition coefficient (Wildman–Crippen LogP) is 1.31. The lowest BCUT2D eigenvalue weighted by molar-refractivity contribution is -0.137. The molecule has 1 heterocycles. The molecule has 1 fully saturated rings.